The number of likely N-dealkylation sites (tertiary alicyclic amines) is 1. The molecule has 1 amide bonds. The molecule has 1 fully saturated rings. The molecule has 1 saturated heterocycles. The van der Waals surface area contributed by atoms with Crippen LogP contribution in [0.2, 0.25) is 0 Å². The Morgan fingerprint density at radius 2 is 2.21 bits per heavy atom. The van der Waals surface area contributed by atoms with Crippen molar-refractivity contribution in [1.82, 2.24) is 10.2 Å². The van der Waals surface area contributed by atoms with Gasteiger partial charge >= 0.3 is 0 Å². The van der Waals surface area contributed by atoms with E-state index in [2.05, 4.69) is 5.32 Å². The van der Waals surface area contributed by atoms with E-state index in [9.17, 15) is 9.90 Å². The number of carbonyl (C=O) groups is 1. The number of rotatable bonds is 3. The number of amides is 1. The molecule has 1 aliphatic rings. The molecule has 1 aliphatic heterocycles. The van der Waals surface area contributed by atoms with E-state index in [0.29, 0.717) is 0 Å². The molecule has 4 heteroatoms. The summed E-state index contributed by atoms with van der Waals surface area (Å²) in [7, 11) is 1.80. The highest BCUT2D eigenvalue weighted by Gasteiger charge is 2.33. The zero-order valence-corrected chi connectivity index (χ0v) is 9.37. The van der Waals surface area contributed by atoms with E-state index < -0.39 is 5.60 Å². The fraction of sp³-hybridized carbons (Fsp3) is 0.900. The van der Waals surface area contributed by atoms with Gasteiger partial charge in [-0.3, -0.25) is 4.79 Å². The molecular formula is C10H20N2O2. The lowest BCUT2D eigenvalue weighted by atomic mass is 10.00. The van der Waals surface area contributed by atoms with Crippen LogP contribution in [0.4, 0.5) is 0 Å². The highest BCUT2D eigenvalue weighted by Crippen LogP contribution is 2.13. The van der Waals surface area contributed by atoms with Crippen molar-refractivity contribution in [2.24, 2.45) is 0 Å². The van der Waals surface area contributed by atoms with Crippen LogP contribution >= 0.6 is 0 Å². The first kappa shape index (κ1) is 11.5. The molecule has 82 valence electrons. The maximum absolute atomic E-state index is 11.5. The summed E-state index contributed by atoms with van der Waals surface area (Å²) >= 11 is 0. The van der Waals surface area contributed by atoms with Crippen molar-refractivity contribution in [2.45, 2.75) is 44.9 Å². The Labute approximate surface area is 85.3 Å². The van der Waals surface area contributed by atoms with Gasteiger partial charge in [-0.1, -0.05) is 0 Å². The number of nitrogens with one attached hydrogen (secondary N) is 1. The second-order valence-electron chi connectivity index (χ2n) is 4.64. The van der Waals surface area contributed by atoms with Crippen molar-refractivity contribution < 1.29 is 9.90 Å². The minimum Gasteiger partial charge on any atom is -0.389 e. The summed E-state index contributed by atoms with van der Waals surface area (Å²) in [4.78, 5) is 13.3. The summed E-state index contributed by atoms with van der Waals surface area (Å²) in [5.41, 5.74) is -0.790. The van der Waals surface area contributed by atoms with Gasteiger partial charge in [-0.05, 0) is 27.2 Å². The van der Waals surface area contributed by atoms with Gasteiger partial charge in [0.15, 0.2) is 0 Å². The normalized spacial score (nSPS) is 25.6. The van der Waals surface area contributed by atoms with Crippen molar-refractivity contribution in [3.63, 3.8) is 0 Å². The van der Waals surface area contributed by atoms with Gasteiger partial charge in [0.05, 0.1) is 11.6 Å². The second kappa shape index (κ2) is 3.87. The lowest BCUT2D eigenvalue weighted by Gasteiger charge is -2.29. The Morgan fingerprint density at radius 1 is 1.64 bits per heavy atom. The largest absolute Gasteiger partial charge is 0.389 e. The molecule has 0 radical (unpaired) electrons. The second-order valence-corrected chi connectivity index (χ2v) is 4.64. The topological polar surface area (TPSA) is 52.6 Å². The average Bonchev–Trinajstić information content (AvgIpc) is 2.34. The molecule has 2 atom stereocenters. The van der Waals surface area contributed by atoms with Crippen molar-refractivity contribution in [3.05, 3.63) is 0 Å². The average molecular weight is 200 g/mol. The predicted octanol–water partition coefficient (Wildman–Crippen LogP) is -0.0339. The molecule has 0 aromatic carbocycles. The fourth-order valence-electron chi connectivity index (χ4n) is 1.48. The third-order valence-corrected chi connectivity index (χ3v) is 2.94. The molecule has 0 bridgehead atoms. The highest BCUT2D eigenvalue weighted by atomic mass is 16.3. The smallest absolute Gasteiger partial charge is 0.239 e. The van der Waals surface area contributed by atoms with Crippen LogP contribution in [0.15, 0.2) is 0 Å². The lowest BCUT2D eigenvalue weighted by molar-refractivity contribution is -0.128. The minimum atomic E-state index is -0.790. The van der Waals surface area contributed by atoms with Crippen LogP contribution in [0, 0.1) is 0 Å². The zero-order valence-electron chi connectivity index (χ0n) is 9.37. The molecule has 2 unspecified atom stereocenters. The predicted molar refractivity (Wildman–Crippen MR) is 54.9 cm³/mol. The van der Waals surface area contributed by atoms with Crippen LogP contribution in [0.3, 0.4) is 0 Å². The molecule has 1 rings (SSSR count). The van der Waals surface area contributed by atoms with E-state index in [1.807, 2.05) is 6.92 Å². The molecule has 2 N–H and O–H groups in total. The first-order valence-corrected chi connectivity index (χ1v) is 5.06. The summed E-state index contributed by atoms with van der Waals surface area (Å²) in [6, 6.07) is -0.204. The Kier molecular flexibility index (Phi) is 3.17. The molecule has 0 aromatic rings. The van der Waals surface area contributed by atoms with Gasteiger partial charge in [0.25, 0.3) is 0 Å². The standard InChI is InChI=1S/C10H20N2O2/c1-7(10(2,3)14)11-8-5-6-12(4)9(8)13/h7-8,11,14H,5-6H2,1-4H3. The van der Waals surface area contributed by atoms with Gasteiger partial charge in [-0.2, -0.15) is 0 Å². The van der Waals surface area contributed by atoms with E-state index >= 15 is 0 Å². The molecule has 0 aromatic heterocycles. The van der Waals surface area contributed by atoms with Gasteiger partial charge in [-0.15, -0.1) is 0 Å². The fourth-order valence-corrected chi connectivity index (χ4v) is 1.48. The molecule has 0 spiro atoms. The Balaban J connectivity index is 2.50. The van der Waals surface area contributed by atoms with Crippen molar-refractivity contribution in [1.29, 1.82) is 0 Å². The summed E-state index contributed by atoms with van der Waals surface area (Å²) in [6.07, 6.45) is 0.829. The first-order valence-electron chi connectivity index (χ1n) is 5.06. The molecule has 1 heterocycles. The van der Waals surface area contributed by atoms with Gasteiger partial charge in [0.2, 0.25) is 5.91 Å². The third-order valence-electron chi connectivity index (χ3n) is 2.94. The summed E-state index contributed by atoms with van der Waals surface area (Å²) in [5, 5.41) is 12.9. The Bertz CT molecular complexity index is 223. The van der Waals surface area contributed by atoms with Gasteiger partial charge in [0.1, 0.15) is 0 Å². The number of likely N-dealkylation sites (N-methyl/N-ethyl adjacent to an activating group) is 1. The van der Waals surface area contributed by atoms with Crippen LogP contribution in [-0.4, -0.2) is 47.2 Å². The highest BCUT2D eigenvalue weighted by molar-refractivity contribution is 5.83. The maximum atomic E-state index is 11.5. The van der Waals surface area contributed by atoms with Crippen LogP contribution in [0.1, 0.15) is 27.2 Å². The van der Waals surface area contributed by atoms with Crippen molar-refractivity contribution >= 4 is 5.91 Å². The van der Waals surface area contributed by atoms with E-state index in [1.165, 1.54) is 0 Å². The lowest BCUT2D eigenvalue weighted by Crippen LogP contribution is -2.51. The minimum absolute atomic E-state index is 0.0806. The van der Waals surface area contributed by atoms with E-state index in [0.717, 1.165) is 13.0 Å². The number of nitrogens with zero attached hydrogens (tertiary/aromatic N) is 1. The molecule has 4 nitrogen and oxygen atoms in total. The molecule has 0 aliphatic carbocycles. The van der Waals surface area contributed by atoms with E-state index in [1.54, 1.807) is 25.8 Å². The number of aliphatic hydroxyl groups is 1. The number of carbonyl (C=O) groups excluding carboxylic acids is 1. The van der Waals surface area contributed by atoms with Crippen LogP contribution in [-0.2, 0) is 4.79 Å². The number of hydrogen-bond acceptors (Lipinski definition) is 3. The van der Waals surface area contributed by atoms with Gasteiger partial charge in [-0.25, -0.2) is 0 Å². The summed E-state index contributed by atoms with van der Waals surface area (Å²) < 4.78 is 0. The molecular weight excluding hydrogens is 180 g/mol. The van der Waals surface area contributed by atoms with Gasteiger partial charge < -0.3 is 15.3 Å². The van der Waals surface area contributed by atoms with Crippen LogP contribution in [0.25, 0.3) is 0 Å². The Hall–Kier alpha value is -0.610. The number of hydrogen-bond donors (Lipinski definition) is 2. The maximum Gasteiger partial charge on any atom is 0.239 e. The summed E-state index contributed by atoms with van der Waals surface area (Å²) in [5.74, 6) is 0.126. The zero-order chi connectivity index (χ0) is 10.9. The third kappa shape index (κ3) is 2.45. The van der Waals surface area contributed by atoms with Gasteiger partial charge in [0, 0.05) is 19.6 Å². The quantitative estimate of drug-likeness (QED) is 0.672. The van der Waals surface area contributed by atoms with E-state index in [4.69, 9.17) is 0 Å². The SMILES string of the molecule is CC(NC1CCN(C)C1=O)C(C)(C)O. The monoisotopic (exact) mass is 200 g/mol. The van der Waals surface area contributed by atoms with Crippen LogP contribution < -0.4 is 5.32 Å². The van der Waals surface area contributed by atoms with Crippen LogP contribution in [0.5, 0.6) is 0 Å². The molecule has 0 saturated carbocycles. The van der Waals surface area contributed by atoms with E-state index in [-0.39, 0.29) is 18.0 Å². The van der Waals surface area contributed by atoms with Crippen molar-refractivity contribution in [3.8, 4) is 0 Å². The Morgan fingerprint density at radius 3 is 2.57 bits per heavy atom. The first-order chi connectivity index (χ1) is 6.32. The summed E-state index contributed by atoms with van der Waals surface area (Å²) in [6.45, 7) is 6.18. The molecule has 14 heavy (non-hydrogen) atoms. The van der Waals surface area contributed by atoms with Crippen molar-refractivity contribution in [2.75, 3.05) is 13.6 Å².